The lowest BCUT2D eigenvalue weighted by atomic mass is 10.1. The summed E-state index contributed by atoms with van der Waals surface area (Å²) in [5.74, 6) is -0.0352. The van der Waals surface area contributed by atoms with Gasteiger partial charge in [0.25, 0.3) is 11.6 Å². The molecule has 144 valence electrons. The van der Waals surface area contributed by atoms with Gasteiger partial charge in [-0.1, -0.05) is 30.3 Å². The quantitative estimate of drug-likeness (QED) is 0.327. The number of hydrogen-bond acceptors (Lipinski definition) is 5. The molecule has 0 bridgehead atoms. The zero-order valence-corrected chi connectivity index (χ0v) is 16.7. The predicted molar refractivity (Wildman–Crippen MR) is 113 cm³/mol. The minimum atomic E-state index is -0.548. The summed E-state index contributed by atoms with van der Waals surface area (Å²) >= 11 is 1.37. The van der Waals surface area contributed by atoms with E-state index in [4.69, 9.17) is 4.74 Å². The highest BCUT2D eigenvalue weighted by Gasteiger charge is 2.27. The third kappa shape index (κ3) is 3.66. The number of nitro benzene ring substituents is 1. The Morgan fingerprint density at radius 2 is 1.86 bits per heavy atom. The number of fused-ring (bicyclic) bond motifs is 1. The fourth-order valence-electron chi connectivity index (χ4n) is 3.12. The highest BCUT2D eigenvalue weighted by Crippen LogP contribution is 2.35. The van der Waals surface area contributed by atoms with Crippen molar-refractivity contribution >= 4 is 39.8 Å². The van der Waals surface area contributed by atoms with Gasteiger partial charge in [-0.2, -0.15) is 0 Å². The molecule has 0 saturated carbocycles. The number of methoxy groups -OCH3 is 1. The second kappa shape index (κ2) is 8.31. The van der Waals surface area contributed by atoms with E-state index in [9.17, 15) is 14.9 Å². The zero-order valence-electron chi connectivity index (χ0n) is 15.8. The van der Waals surface area contributed by atoms with Gasteiger partial charge >= 0.3 is 0 Å². The molecule has 0 atom stereocenters. The average molecular weight is 396 g/mol. The number of ether oxygens (including phenoxy) is 1. The summed E-state index contributed by atoms with van der Waals surface area (Å²) in [4.78, 5) is 26.5. The highest BCUT2D eigenvalue weighted by atomic mass is 32.2. The van der Waals surface area contributed by atoms with Gasteiger partial charge in [-0.25, -0.2) is 0 Å². The van der Waals surface area contributed by atoms with Gasteiger partial charge in [0.1, 0.15) is 11.3 Å². The molecule has 7 heteroatoms. The Bertz CT molecular complexity index is 1050. The van der Waals surface area contributed by atoms with Gasteiger partial charge in [0.2, 0.25) is 0 Å². The largest absolute Gasteiger partial charge is 0.495 e. The van der Waals surface area contributed by atoms with E-state index in [2.05, 4.69) is 0 Å². The summed E-state index contributed by atoms with van der Waals surface area (Å²) in [6.45, 7) is 2.23. The number of nitrogens with zero attached hydrogens (tertiary/aromatic N) is 2. The summed E-state index contributed by atoms with van der Waals surface area (Å²) in [5.41, 5.74) is 0.478. The zero-order chi connectivity index (χ0) is 20.3. The van der Waals surface area contributed by atoms with E-state index in [0.29, 0.717) is 22.9 Å². The van der Waals surface area contributed by atoms with Crippen LogP contribution in [0.5, 0.6) is 5.75 Å². The summed E-state index contributed by atoms with van der Waals surface area (Å²) in [6, 6.07) is 16.4. The van der Waals surface area contributed by atoms with Crippen LogP contribution in [0.15, 0.2) is 59.5 Å². The number of benzene rings is 3. The molecule has 3 aromatic rings. The van der Waals surface area contributed by atoms with Gasteiger partial charge in [0, 0.05) is 12.2 Å². The number of thioether (sulfide) groups is 1. The molecule has 1 amide bonds. The molecule has 0 unspecified atom stereocenters. The summed E-state index contributed by atoms with van der Waals surface area (Å²) < 4.78 is 5.23. The lowest BCUT2D eigenvalue weighted by Crippen LogP contribution is -2.31. The maximum Gasteiger partial charge on any atom is 0.285 e. The van der Waals surface area contributed by atoms with Gasteiger partial charge < -0.3 is 9.64 Å². The maximum atomic E-state index is 13.3. The molecule has 3 rings (SSSR count). The van der Waals surface area contributed by atoms with E-state index >= 15 is 0 Å². The molecule has 28 heavy (non-hydrogen) atoms. The first-order chi connectivity index (χ1) is 13.5. The van der Waals surface area contributed by atoms with Crippen molar-refractivity contribution in [2.75, 3.05) is 24.8 Å². The molecule has 0 aliphatic carbocycles. The smallest absolute Gasteiger partial charge is 0.285 e. The van der Waals surface area contributed by atoms with E-state index in [0.717, 1.165) is 10.8 Å². The number of nitro groups is 1. The number of rotatable bonds is 6. The first-order valence-electron chi connectivity index (χ1n) is 8.71. The van der Waals surface area contributed by atoms with Gasteiger partial charge in [-0.05, 0) is 42.2 Å². The van der Waals surface area contributed by atoms with Crippen molar-refractivity contribution in [1.82, 2.24) is 0 Å². The second-order valence-electron chi connectivity index (χ2n) is 6.06. The van der Waals surface area contributed by atoms with Crippen LogP contribution in [0, 0.1) is 10.1 Å². The molecule has 0 spiro atoms. The predicted octanol–water partition coefficient (Wildman–Crippen LogP) is 5.15. The molecule has 0 radical (unpaired) electrons. The number of anilines is 1. The van der Waals surface area contributed by atoms with E-state index in [-0.39, 0.29) is 11.3 Å². The molecule has 0 aliphatic heterocycles. The lowest BCUT2D eigenvalue weighted by molar-refractivity contribution is -0.385. The molecular formula is C21H20N2O4S. The fourth-order valence-corrected chi connectivity index (χ4v) is 3.70. The van der Waals surface area contributed by atoms with Crippen molar-refractivity contribution in [3.05, 3.63) is 70.3 Å². The monoisotopic (exact) mass is 396 g/mol. The van der Waals surface area contributed by atoms with E-state index in [1.54, 1.807) is 4.90 Å². The normalized spacial score (nSPS) is 10.7. The van der Waals surface area contributed by atoms with Gasteiger partial charge in [-0.3, -0.25) is 14.9 Å². The SMILES string of the molecule is CCN(C(=O)c1cc(SC)c(OC)cc1[N+](=O)[O-])c1ccc2ccccc2c1. The fraction of sp³-hybridized carbons (Fsp3) is 0.190. The van der Waals surface area contributed by atoms with Crippen LogP contribution >= 0.6 is 11.8 Å². The minimum Gasteiger partial charge on any atom is -0.495 e. The molecular weight excluding hydrogens is 376 g/mol. The molecule has 6 nitrogen and oxygen atoms in total. The van der Waals surface area contributed by atoms with Crippen LogP contribution in [0.3, 0.4) is 0 Å². The van der Waals surface area contributed by atoms with Crippen LogP contribution < -0.4 is 9.64 Å². The molecule has 0 heterocycles. The Hall–Kier alpha value is -3.06. The lowest BCUT2D eigenvalue weighted by Gasteiger charge is -2.22. The third-order valence-electron chi connectivity index (χ3n) is 4.54. The first-order valence-corrected chi connectivity index (χ1v) is 9.93. The number of carbonyl (C=O) groups excluding carboxylic acids is 1. The van der Waals surface area contributed by atoms with Crippen LogP contribution in [0.25, 0.3) is 10.8 Å². The Balaban J connectivity index is 2.10. The van der Waals surface area contributed by atoms with Gasteiger partial charge in [0.05, 0.1) is 23.0 Å². The summed E-state index contributed by atoms with van der Waals surface area (Å²) in [5, 5.41) is 13.7. The van der Waals surface area contributed by atoms with Gasteiger partial charge in [0.15, 0.2) is 0 Å². The topological polar surface area (TPSA) is 72.7 Å². The number of amides is 1. The Morgan fingerprint density at radius 3 is 2.46 bits per heavy atom. The van der Waals surface area contributed by atoms with Crippen LogP contribution in [0.4, 0.5) is 11.4 Å². The summed E-state index contributed by atoms with van der Waals surface area (Å²) in [7, 11) is 1.45. The van der Waals surface area contributed by atoms with Crippen LogP contribution in [0.2, 0.25) is 0 Å². The van der Waals surface area contributed by atoms with Crippen molar-refractivity contribution in [3.63, 3.8) is 0 Å². The van der Waals surface area contributed by atoms with Crippen molar-refractivity contribution in [2.24, 2.45) is 0 Å². The van der Waals surface area contributed by atoms with Gasteiger partial charge in [-0.15, -0.1) is 11.8 Å². The third-order valence-corrected chi connectivity index (χ3v) is 5.29. The summed E-state index contributed by atoms with van der Waals surface area (Å²) in [6.07, 6.45) is 1.83. The van der Waals surface area contributed by atoms with Crippen LogP contribution in [-0.4, -0.2) is 30.7 Å². The number of carbonyl (C=O) groups is 1. The molecule has 0 fully saturated rings. The van der Waals surface area contributed by atoms with Crippen molar-refractivity contribution < 1.29 is 14.5 Å². The minimum absolute atomic E-state index is 0.0464. The van der Waals surface area contributed by atoms with Crippen LogP contribution in [0.1, 0.15) is 17.3 Å². The van der Waals surface area contributed by atoms with Crippen molar-refractivity contribution in [3.8, 4) is 5.75 Å². The van der Waals surface area contributed by atoms with E-state index < -0.39 is 10.8 Å². The molecule has 3 aromatic carbocycles. The van der Waals surface area contributed by atoms with Crippen molar-refractivity contribution in [1.29, 1.82) is 0 Å². The Kier molecular flexibility index (Phi) is 5.84. The Morgan fingerprint density at radius 1 is 1.14 bits per heavy atom. The van der Waals surface area contributed by atoms with E-state index in [1.165, 1.54) is 31.0 Å². The average Bonchev–Trinajstić information content (AvgIpc) is 2.72. The second-order valence-corrected chi connectivity index (χ2v) is 6.91. The standard InChI is InChI=1S/C21H20N2O4S/c1-4-22(16-10-9-14-7-5-6-8-15(14)11-16)21(24)17-12-20(28-3)19(27-2)13-18(17)23(25)26/h5-13H,4H2,1-3H3. The maximum absolute atomic E-state index is 13.3. The number of hydrogen-bond donors (Lipinski definition) is 0. The molecule has 0 N–H and O–H groups in total. The van der Waals surface area contributed by atoms with E-state index in [1.807, 2.05) is 55.6 Å². The van der Waals surface area contributed by atoms with Crippen LogP contribution in [-0.2, 0) is 0 Å². The van der Waals surface area contributed by atoms with Crippen molar-refractivity contribution in [2.45, 2.75) is 11.8 Å². The molecule has 0 aromatic heterocycles. The first kappa shape index (κ1) is 19.7. The Labute approximate surface area is 167 Å². The highest BCUT2D eigenvalue weighted by molar-refractivity contribution is 7.98. The molecule has 0 aliphatic rings. The molecule has 0 saturated heterocycles.